The monoisotopic (exact) mass is 494 g/mol. The first kappa shape index (κ1) is 24.3. The van der Waals surface area contributed by atoms with E-state index in [0.717, 1.165) is 32.1 Å². The molecule has 0 bridgehead atoms. The Morgan fingerprint density at radius 3 is 2.42 bits per heavy atom. The standard InChI is InChI=1S/C23H34N4O4S2/c1-15-10-16(2)12-27(11-15)33(30,31)21-17(3)32-22-20(21)23(29)26(14-24-22)13-19(28)25-18-8-6-4-5-7-9-18/h14-16,18H,4-13H2,1-3H3,(H,25,28). The summed E-state index contributed by atoms with van der Waals surface area (Å²) in [6.45, 7) is 6.56. The molecule has 4 rings (SSSR count). The fraction of sp³-hybridized carbons (Fsp3) is 0.696. The summed E-state index contributed by atoms with van der Waals surface area (Å²) in [5, 5.41) is 3.15. The van der Waals surface area contributed by atoms with E-state index in [1.165, 1.54) is 39.4 Å². The summed E-state index contributed by atoms with van der Waals surface area (Å²) in [7, 11) is -3.85. The van der Waals surface area contributed by atoms with Crippen LogP contribution >= 0.6 is 11.3 Å². The number of hydrogen-bond donors (Lipinski definition) is 1. The molecule has 2 aromatic heterocycles. The number of aromatic nitrogens is 2. The number of fused-ring (bicyclic) bond motifs is 1. The quantitative estimate of drug-likeness (QED) is 0.643. The van der Waals surface area contributed by atoms with Crippen LogP contribution in [-0.2, 0) is 21.4 Å². The third-order valence-electron chi connectivity index (χ3n) is 6.77. The third-order valence-corrected chi connectivity index (χ3v) is 9.91. The predicted molar refractivity (Wildman–Crippen MR) is 130 cm³/mol. The van der Waals surface area contributed by atoms with E-state index < -0.39 is 15.6 Å². The highest BCUT2D eigenvalue weighted by molar-refractivity contribution is 7.89. The van der Waals surface area contributed by atoms with Crippen LogP contribution in [-0.4, -0.2) is 47.3 Å². The van der Waals surface area contributed by atoms with Gasteiger partial charge < -0.3 is 5.32 Å². The lowest BCUT2D eigenvalue weighted by Crippen LogP contribution is -2.43. The van der Waals surface area contributed by atoms with E-state index in [-0.39, 0.29) is 40.6 Å². The van der Waals surface area contributed by atoms with Gasteiger partial charge in [-0.2, -0.15) is 4.31 Å². The lowest BCUT2D eigenvalue weighted by atomic mass is 9.94. The van der Waals surface area contributed by atoms with Gasteiger partial charge in [0.2, 0.25) is 15.9 Å². The number of carbonyl (C=O) groups is 1. The average Bonchev–Trinajstić information content (AvgIpc) is 2.90. The van der Waals surface area contributed by atoms with Crippen molar-refractivity contribution in [2.75, 3.05) is 13.1 Å². The van der Waals surface area contributed by atoms with Crippen LogP contribution in [0.15, 0.2) is 16.0 Å². The van der Waals surface area contributed by atoms with Gasteiger partial charge in [-0.15, -0.1) is 11.3 Å². The summed E-state index contributed by atoms with van der Waals surface area (Å²) in [6, 6.07) is 0.134. The van der Waals surface area contributed by atoms with E-state index in [1.54, 1.807) is 6.92 Å². The van der Waals surface area contributed by atoms with Gasteiger partial charge in [-0.1, -0.05) is 39.5 Å². The number of amides is 1. The summed E-state index contributed by atoms with van der Waals surface area (Å²) in [6.07, 6.45) is 8.83. The van der Waals surface area contributed by atoms with E-state index in [0.29, 0.717) is 22.8 Å². The Labute approximate surface area is 199 Å². The Balaban J connectivity index is 1.64. The molecule has 0 radical (unpaired) electrons. The lowest BCUT2D eigenvalue weighted by Gasteiger charge is -2.34. The van der Waals surface area contributed by atoms with Gasteiger partial charge in [0.05, 0.1) is 11.7 Å². The van der Waals surface area contributed by atoms with Gasteiger partial charge in [-0.05, 0) is 38.0 Å². The average molecular weight is 495 g/mol. The Hall–Kier alpha value is -1.78. The Bertz CT molecular complexity index is 1170. The van der Waals surface area contributed by atoms with E-state index >= 15 is 0 Å². The summed E-state index contributed by atoms with van der Waals surface area (Å²) in [5.74, 6) is 0.285. The number of sulfonamides is 1. The van der Waals surface area contributed by atoms with Crippen LogP contribution in [0.25, 0.3) is 10.2 Å². The largest absolute Gasteiger partial charge is 0.352 e. The van der Waals surface area contributed by atoms with Gasteiger partial charge in [0.1, 0.15) is 16.3 Å². The smallest absolute Gasteiger partial charge is 0.263 e. The molecule has 0 spiro atoms. The zero-order chi connectivity index (χ0) is 23.8. The Kier molecular flexibility index (Phi) is 7.26. The van der Waals surface area contributed by atoms with Crippen molar-refractivity contribution in [1.29, 1.82) is 0 Å². The second-order valence-corrected chi connectivity index (χ2v) is 12.9. The molecule has 2 unspecified atom stereocenters. The van der Waals surface area contributed by atoms with Gasteiger partial charge in [0, 0.05) is 24.0 Å². The number of nitrogens with one attached hydrogen (secondary N) is 1. The fourth-order valence-corrected chi connectivity index (χ4v) is 8.67. The molecule has 1 saturated carbocycles. The molecule has 2 atom stereocenters. The van der Waals surface area contributed by atoms with E-state index in [2.05, 4.69) is 24.1 Å². The number of aryl methyl sites for hydroxylation is 1. The highest BCUT2D eigenvalue weighted by atomic mass is 32.2. The number of hydrogen-bond acceptors (Lipinski definition) is 6. The van der Waals surface area contributed by atoms with Crippen molar-refractivity contribution < 1.29 is 13.2 Å². The van der Waals surface area contributed by atoms with Crippen molar-refractivity contribution in [2.45, 2.75) is 83.2 Å². The van der Waals surface area contributed by atoms with E-state index in [1.807, 2.05) is 0 Å². The zero-order valence-electron chi connectivity index (χ0n) is 19.7. The van der Waals surface area contributed by atoms with E-state index in [4.69, 9.17) is 0 Å². The van der Waals surface area contributed by atoms with Crippen LogP contribution in [0.2, 0.25) is 0 Å². The number of thiophene rings is 1. The molecule has 8 nitrogen and oxygen atoms in total. The van der Waals surface area contributed by atoms with Gasteiger partial charge in [-0.3, -0.25) is 14.2 Å². The molecule has 1 aliphatic heterocycles. The van der Waals surface area contributed by atoms with Crippen molar-refractivity contribution >= 4 is 37.5 Å². The molecule has 0 aromatic carbocycles. The first-order chi connectivity index (χ1) is 15.7. The summed E-state index contributed by atoms with van der Waals surface area (Å²) >= 11 is 1.21. The molecule has 2 aliphatic rings. The highest BCUT2D eigenvalue weighted by Crippen LogP contribution is 2.35. The second-order valence-electron chi connectivity index (χ2n) is 9.87. The minimum atomic E-state index is -3.85. The number of piperidine rings is 1. The minimum absolute atomic E-state index is 0.0554. The lowest BCUT2D eigenvalue weighted by molar-refractivity contribution is -0.122. The van der Waals surface area contributed by atoms with Crippen LogP contribution < -0.4 is 10.9 Å². The highest BCUT2D eigenvalue weighted by Gasteiger charge is 2.36. The number of rotatable bonds is 5. The topological polar surface area (TPSA) is 101 Å². The molecule has 2 aromatic rings. The maximum Gasteiger partial charge on any atom is 0.263 e. The zero-order valence-corrected chi connectivity index (χ0v) is 21.3. The Morgan fingerprint density at radius 2 is 1.79 bits per heavy atom. The van der Waals surface area contributed by atoms with Crippen molar-refractivity contribution in [3.8, 4) is 0 Å². The molecule has 33 heavy (non-hydrogen) atoms. The molecule has 2 fully saturated rings. The first-order valence-corrected chi connectivity index (χ1v) is 14.2. The predicted octanol–water partition coefficient (Wildman–Crippen LogP) is 3.27. The van der Waals surface area contributed by atoms with Gasteiger partial charge in [0.25, 0.3) is 5.56 Å². The van der Waals surface area contributed by atoms with Crippen molar-refractivity contribution in [2.24, 2.45) is 11.8 Å². The molecule has 3 heterocycles. The Morgan fingerprint density at radius 1 is 1.15 bits per heavy atom. The van der Waals surface area contributed by atoms with Crippen LogP contribution in [0.3, 0.4) is 0 Å². The third kappa shape index (κ3) is 5.17. The normalized spacial score (nSPS) is 23.5. The molecule has 10 heteroatoms. The first-order valence-electron chi connectivity index (χ1n) is 11.9. The molecule has 1 saturated heterocycles. The van der Waals surface area contributed by atoms with Gasteiger partial charge in [-0.25, -0.2) is 13.4 Å². The molecular weight excluding hydrogens is 460 g/mol. The van der Waals surface area contributed by atoms with Gasteiger partial charge >= 0.3 is 0 Å². The van der Waals surface area contributed by atoms with Crippen LogP contribution in [0.1, 0.15) is 63.7 Å². The van der Waals surface area contributed by atoms with Crippen LogP contribution in [0.4, 0.5) is 0 Å². The second kappa shape index (κ2) is 9.84. The molecule has 1 aliphatic carbocycles. The minimum Gasteiger partial charge on any atom is -0.352 e. The van der Waals surface area contributed by atoms with Crippen molar-refractivity contribution in [3.05, 3.63) is 21.6 Å². The molecule has 1 amide bonds. The van der Waals surface area contributed by atoms with Gasteiger partial charge in [0.15, 0.2) is 0 Å². The van der Waals surface area contributed by atoms with E-state index in [9.17, 15) is 18.0 Å². The van der Waals surface area contributed by atoms with Crippen LogP contribution in [0, 0.1) is 18.8 Å². The molecule has 1 N–H and O–H groups in total. The summed E-state index contributed by atoms with van der Waals surface area (Å²) in [5.41, 5.74) is -0.475. The summed E-state index contributed by atoms with van der Waals surface area (Å²) in [4.78, 5) is 31.4. The SMILES string of the molecule is Cc1sc2ncn(CC(=O)NC3CCCCCC3)c(=O)c2c1S(=O)(=O)N1CC(C)CC(C)C1. The maximum atomic E-state index is 13.6. The fourth-order valence-electron chi connectivity index (χ4n) is 5.32. The number of carbonyl (C=O) groups excluding carboxylic acids is 1. The van der Waals surface area contributed by atoms with Crippen LogP contribution in [0.5, 0.6) is 0 Å². The number of nitrogens with zero attached hydrogens (tertiary/aromatic N) is 3. The van der Waals surface area contributed by atoms with Crippen molar-refractivity contribution in [1.82, 2.24) is 19.2 Å². The summed E-state index contributed by atoms with van der Waals surface area (Å²) < 4.78 is 30.0. The molecular formula is C23H34N4O4S2. The maximum absolute atomic E-state index is 13.6. The molecule has 182 valence electrons. The van der Waals surface area contributed by atoms with Crippen molar-refractivity contribution in [3.63, 3.8) is 0 Å².